The third-order valence-electron chi connectivity index (χ3n) is 8.63. The molecule has 0 aliphatic heterocycles. The second kappa shape index (κ2) is 8.70. The Morgan fingerprint density at radius 3 is 2.38 bits per heavy atom. The summed E-state index contributed by atoms with van der Waals surface area (Å²) in [6.45, 7) is 7.07. The minimum atomic E-state index is -0.515. The molecule has 0 unspecified atom stereocenters. The van der Waals surface area contributed by atoms with E-state index < -0.39 is 5.82 Å². The molecule has 0 saturated carbocycles. The zero-order valence-electron chi connectivity index (χ0n) is 22.5. The Hall–Kier alpha value is -4.12. The molecule has 0 fully saturated rings. The van der Waals surface area contributed by atoms with E-state index in [4.69, 9.17) is 9.40 Å². The van der Waals surface area contributed by atoms with Gasteiger partial charge in [-0.25, -0.2) is 9.37 Å². The standard InChI is InChI=1S/C34H31FN2O2/c1-4-15-34(16-5-2)24-13-9-7-11-20(24)22-17-26-29(19-25(22)34)39-33(36-26)30-28(38)18-23-21-12-8-10-14-27(21)37(6-3)32(23)31(30)35/h7-14,17-19,38H,4-6,15-16H2,1-3H3. The van der Waals surface area contributed by atoms with Gasteiger partial charge in [0.05, 0.1) is 5.52 Å². The summed E-state index contributed by atoms with van der Waals surface area (Å²) in [5, 5.41) is 12.7. The molecular weight excluding hydrogens is 487 g/mol. The van der Waals surface area contributed by atoms with Crippen molar-refractivity contribution < 1.29 is 13.9 Å². The average molecular weight is 519 g/mol. The van der Waals surface area contributed by atoms with Gasteiger partial charge in [0, 0.05) is 28.2 Å². The molecule has 0 spiro atoms. The first-order chi connectivity index (χ1) is 19.0. The number of aryl methyl sites for hydroxylation is 1. The number of nitrogens with zero attached hydrogens (tertiary/aromatic N) is 2. The molecule has 2 aromatic heterocycles. The molecule has 1 N–H and O–H groups in total. The number of hydrogen-bond acceptors (Lipinski definition) is 3. The molecule has 0 amide bonds. The van der Waals surface area contributed by atoms with Crippen molar-refractivity contribution in [1.82, 2.24) is 9.55 Å². The van der Waals surface area contributed by atoms with Gasteiger partial charge in [-0.1, -0.05) is 69.2 Å². The van der Waals surface area contributed by atoms with Gasteiger partial charge in [-0.3, -0.25) is 0 Å². The summed E-state index contributed by atoms with van der Waals surface area (Å²) in [5.41, 5.74) is 7.63. The van der Waals surface area contributed by atoms with Crippen molar-refractivity contribution >= 4 is 32.9 Å². The molecule has 4 nitrogen and oxygen atoms in total. The molecule has 4 aromatic carbocycles. The van der Waals surface area contributed by atoms with E-state index in [1.54, 1.807) is 6.07 Å². The number of aromatic nitrogens is 2. The second-order valence-corrected chi connectivity index (χ2v) is 10.8. The van der Waals surface area contributed by atoms with Crippen LogP contribution < -0.4 is 0 Å². The molecule has 0 bridgehead atoms. The van der Waals surface area contributed by atoms with E-state index >= 15 is 4.39 Å². The lowest BCUT2D eigenvalue weighted by Gasteiger charge is -2.31. The maximum absolute atomic E-state index is 16.3. The number of benzene rings is 4. The monoisotopic (exact) mass is 518 g/mol. The third-order valence-corrected chi connectivity index (χ3v) is 8.63. The summed E-state index contributed by atoms with van der Waals surface area (Å²) >= 11 is 0. The van der Waals surface area contributed by atoms with E-state index in [2.05, 4.69) is 50.2 Å². The molecule has 196 valence electrons. The molecule has 2 heterocycles. The average Bonchev–Trinajstić information content (AvgIpc) is 3.57. The summed E-state index contributed by atoms with van der Waals surface area (Å²) < 4.78 is 24.5. The van der Waals surface area contributed by atoms with E-state index in [-0.39, 0.29) is 22.6 Å². The van der Waals surface area contributed by atoms with Gasteiger partial charge in [0.25, 0.3) is 0 Å². The van der Waals surface area contributed by atoms with Crippen molar-refractivity contribution in [3.8, 4) is 28.3 Å². The van der Waals surface area contributed by atoms with E-state index in [1.807, 2.05) is 35.8 Å². The Kier molecular flexibility index (Phi) is 5.35. The number of halogens is 1. The molecule has 6 aromatic rings. The molecule has 1 aliphatic carbocycles. The molecule has 1 aliphatic rings. The maximum atomic E-state index is 16.3. The number of para-hydroxylation sites is 1. The Morgan fingerprint density at radius 2 is 1.62 bits per heavy atom. The van der Waals surface area contributed by atoms with Gasteiger partial charge in [0.2, 0.25) is 5.89 Å². The molecule has 0 atom stereocenters. The highest BCUT2D eigenvalue weighted by Gasteiger charge is 2.42. The van der Waals surface area contributed by atoms with Crippen LogP contribution in [0.4, 0.5) is 4.39 Å². The van der Waals surface area contributed by atoms with Crippen molar-refractivity contribution in [2.45, 2.75) is 58.4 Å². The van der Waals surface area contributed by atoms with Gasteiger partial charge >= 0.3 is 0 Å². The van der Waals surface area contributed by atoms with E-state index in [0.717, 1.165) is 36.6 Å². The number of hydrogen-bond donors (Lipinski definition) is 1. The highest BCUT2D eigenvalue weighted by molar-refractivity contribution is 6.10. The zero-order chi connectivity index (χ0) is 26.9. The van der Waals surface area contributed by atoms with Crippen LogP contribution in [-0.2, 0) is 12.0 Å². The lowest BCUT2D eigenvalue weighted by atomic mass is 9.71. The summed E-state index contributed by atoms with van der Waals surface area (Å²) in [5.74, 6) is -0.586. The summed E-state index contributed by atoms with van der Waals surface area (Å²) in [4.78, 5) is 4.74. The number of rotatable bonds is 6. The number of fused-ring (bicyclic) bond motifs is 7. The summed E-state index contributed by atoms with van der Waals surface area (Å²) in [6.07, 6.45) is 4.23. The minimum absolute atomic E-state index is 0.00476. The van der Waals surface area contributed by atoms with Gasteiger partial charge in [-0.2, -0.15) is 0 Å². The van der Waals surface area contributed by atoms with E-state index in [9.17, 15) is 5.11 Å². The van der Waals surface area contributed by atoms with E-state index in [0.29, 0.717) is 28.5 Å². The largest absolute Gasteiger partial charge is 0.507 e. The molecule has 0 saturated heterocycles. The number of phenols is 1. The van der Waals surface area contributed by atoms with E-state index in [1.165, 1.54) is 22.3 Å². The fourth-order valence-electron chi connectivity index (χ4n) is 7.18. The predicted octanol–water partition coefficient (Wildman–Crippen LogP) is 9.33. The Balaban J connectivity index is 1.47. The molecule has 7 rings (SSSR count). The van der Waals surface area contributed by atoms with Crippen molar-refractivity contribution in [1.29, 1.82) is 0 Å². The Labute approximate surface area is 226 Å². The topological polar surface area (TPSA) is 51.2 Å². The number of phenolic OH excluding ortho intramolecular Hbond substituents is 1. The van der Waals surface area contributed by atoms with Gasteiger partial charge in [0.1, 0.15) is 16.8 Å². The fraction of sp³-hybridized carbons (Fsp3) is 0.265. The van der Waals surface area contributed by atoms with Crippen LogP contribution in [0.15, 0.2) is 71.1 Å². The van der Waals surface area contributed by atoms with Gasteiger partial charge < -0.3 is 14.1 Å². The Bertz CT molecular complexity index is 1910. The van der Waals surface area contributed by atoms with Crippen molar-refractivity contribution in [3.05, 3.63) is 83.7 Å². The van der Waals surface area contributed by atoms with Crippen LogP contribution in [0.5, 0.6) is 5.75 Å². The van der Waals surface area contributed by atoms with Crippen molar-refractivity contribution in [3.63, 3.8) is 0 Å². The van der Waals surface area contributed by atoms with Crippen molar-refractivity contribution in [2.24, 2.45) is 0 Å². The highest BCUT2D eigenvalue weighted by atomic mass is 19.1. The zero-order valence-corrected chi connectivity index (χ0v) is 22.5. The van der Waals surface area contributed by atoms with Crippen LogP contribution >= 0.6 is 0 Å². The fourth-order valence-corrected chi connectivity index (χ4v) is 7.18. The maximum Gasteiger partial charge on any atom is 0.234 e. The van der Waals surface area contributed by atoms with Crippen LogP contribution in [0.2, 0.25) is 0 Å². The Morgan fingerprint density at radius 1 is 0.872 bits per heavy atom. The third kappa shape index (κ3) is 3.19. The van der Waals surface area contributed by atoms with Gasteiger partial charge in [-0.05, 0) is 66.3 Å². The minimum Gasteiger partial charge on any atom is -0.507 e. The van der Waals surface area contributed by atoms with Crippen LogP contribution in [0.25, 0.3) is 55.5 Å². The van der Waals surface area contributed by atoms with Crippen molar-refractivity contribution in [2.75, 3.05) is 0 Å². The normalized spacial score (nSPS) is 13.9. The smallest absolute Gasteiger partial charge is 0.234 e. The lowest BCUT2D eigenvalue weighted by molar-refractivity contribution is 0.435. The highest BCUT2D eigenvalue weighted by Crippen LogP contribution is 2.55. The lowest BCUT2D eigenvalue weighted by Crippen LogP contribution is -2.24. The molecule has 39 heavy (non-hydrogen) atoms. The molecule has 5 heteroatoms. The summed E-state index contributed by atoms with van der Waals surface area (Å²) in [6, 6.07) is 22.3. The van der Waals surface area contributed by atoms with Crippen LogP contribution in [0.3, 0.4) is 0 Å². The van der Waals surface area contributed by atoms with Gasteiger partial charge in [-0.15, -0.1) is 0 Å². The van der Waals surface area contributed by atoms with Crippen LogP contribution in [0, 0.1) is 5.82 Å². The molecule has 0 radical (unpaired) electrons. The number of oxazole rings is 1. The first kappa shape index (κ1) is 24.0. The quantitative estimate of drug-likeness (QED) is 0.239. The van der Waals surface area contributed by atoms with Crippen LogP contribution in [-0.4, -0.2) is 14.7 Å². The van der Waals surface area contributed by atoms with Gasteiger partial charge in [0.15, 0.2) is 11.4 Å². The SMILES string of the molecule is CCCC1(CCC)c2ccccc2-c2cc3nc(-c4c(O)cc5c6ccccc6n(CC)c5c4F)oc3cc21. The summed E-state index contributed by atoms with van der Waals surface area (Å²) in [7, 11) is 0. The second-order valence-electron chi connectivity index (χ2n) is 10.8. The first-order valence-corrected chi connectivity index (χ1v) is 14.0. The first-order valence-electron chi connectivity index (χ1n) is 14.0. The number of aromatic hydroxyl groups is 1. The molecular formula is C34H31FN2O2. The van der Waals surface area contributed by atoms with Crippen LogP contribution in [0.1, 0.15) is 57.6 Å². The predicted molar refractivity (Wildman–Crippen MR) is 156 cm³/mol.